The van der Waals surface area contributed by atoms with E-state index in [1.54, 1.807) is 6.07 Å². The highest BCUT2D eigenvalue weighted by Crippen LogP contribution is 2.45. The molecule has 1 saturated carbocycles. The third-order valence-electron chi connectivity index (χ3n) is 5.81. The van der Waals surface area contributed by atoms with Crippen LogP contribution in [0.5, 0.6) is 17.4 Å². The third-order valence-corrected chi connectivity index (χ3v) is 5.81. The van der Waals surface area contributed by atoms with Gasteiger partial charge in [-0.2, -0.15) is 13.5 Å². The summed E-state index contributed by atoms with van der Waals surface area (Å²) in [5, 5.41) is 13.4. The molecule has 1 aromatic carbocycles. The number of halogens is 1. The minimum Gasteiger partial charge on any atom is -0.487 e. The first kappa shape index (κ1) is 27.3. The Kier molecular flexibility index (Phi) is 9.19. The second kappa shape index (κ2) is 12.1. The topological polar surface area (TPSA) is 104 Å². The summed E-state index contributed by atoms with van der Waals surface area (Å²) < 4.78 is 37.1. The van der Waals surface area contributed by atoms with Gasteiger partial charge in [0.2, 0.25) is 11.6 Å². The van der Waals surface area contributed by atoms with Gasteiger partial charge in [0.05, 0.1) is 31.9 Å². The summed E-state index contributed by atoms with van der Waals surface area (Å²) in [6, 6.07) is 8.88. The van der Waals surface area contributed by atoms with Gasteiger partial charge in [-0.15, -0.1) is 0 Å². The number of carbonyl (C=O) groups is 1. The molecule has 1 aliphatic rings. The molecule has 1 fully saturated rings. The highest BCUT2D eigenvalue weighted by molar-refractivity contribution is 7.59. The van der Waals surface area contributed by atoms with Crippen LogP contribution in [0.3, 0.4) is 0 Å². The smallest absolute Gasteiger partial charge is 0.303 e. The van der Waals surface area contributed by atoms with E-state index in [0.29, 0.717) is 29.7 Å². The Balaban J connectivity index is 0.00000361. The molecule has 8 nitrogen and oxygen atoms in total. The highest BCUT2D eigenvalue weighted by Gasteiger charge is 2.34. The van der Waals surface area contributed by atoms with E-state index in [0.717, 1.165) is 24.6 Å². The standard InChI is InChI=1S/C26H29FN2O6.H2S/c1-15(2)13-34-26-22(29-35-25(26)20-10-23(32-3)28-12-21(20)27)14-33-18-6-4-5-17(9-18)19(11-24(30)31)16-7-8-16;/h4-6,9-10,12,15-16,19H,7-8,11,13-14H2,1-3H3,(H,30,31);1H2/t19-;/m0./s1. The van der Waals surface area contributed by atoms with E-state index in [1.807, 2.05) is 32.0 Å². The van der Waals surface area contributed by atoms with Crippen LogP contribution in [0.15, 0.2) is 41.1 Å². The molecule has 4 rings (SSSR count). The Morgan fingerprint density at radius 2 is 2.03 bits per heavy atom. The third kappa shape index (κ3) is 6.69. The number of carboxylic acid groups (broad SMARTS) is 1. The Morgan fingerprint density at radius 1 is 1.25 bits per heavy atom. The predicted molar refractivity (Wildman–Crippen MR) is 135 cm³/mol. The summed E-state index contributed by atoms with van der Waals surface area (Å²) in [7, 11) is 1.44. The second-order valence-electron chi connectivity index (χ2n) is 9.10. The van der Waals surface area contributed by atoms with Crippen molar-refractivity contribution in [2.75, 3.05) is 13.7 Å². The number of aliphatic carboxylic acids is 1. The zero-order chi connectivity index (χ0) is 24.9. The van der Waals surface area contributed by atoms with E-state index >= 15 is 0 Å². The van der Waals surface area contributed by atoms with Crippen LogP contribution in [0.1, 0.15) is 50.3 Å². The van der Waals surface area contributed by atoms with Gasteiger partial charge in [0.15, 0.2) is 17.3 Å². The largest absolute Gasteiger partial charge is 0.487 e. The van der Waals surface area contributed by atoms with Crippen LogP contribution >= 0.6 is 13.5 Å². The Bertz CT molecular complexity index is 1180. The van der Waals surface area contributed by atoms with Crippen molar-refractivity contribution in [3.8, 4) is 28.7 Å². The van der Waals surface area contributed by atoms with Gasteiger partial charge in [0.25, 0.3) is 0 Å². The van der Waals surface area contributed by atoms with Gasteiger partial charge >= 0.3 is 5.97 Å². The van der Waals surface area contributed by atoms with Crippen LogP contribution < -0.4 is 14.2 Å². The number of methoxy groups -OCH3 is 1. The van der Waals surface area contributed by atoms with Crippen molar-refractivity contribution in [3.63, 3.8) is 0 Å². The average Bonchev–Trinajstić information content (AvgIpc) is 3.60. The molecular formula is C26H31FN2O6S. The molecule has 1 atom stereocenters. The quantitative estimate of drug-likeness (QED) is 0.331. The molecule has 0 spiro atoms. The number of benzene rings is 1. The van der Waals surface area contributed by atoms with Crippen molar-refractivity contribution in [3.05, 3.63) is 53.6 Å². The normalized spacial score (nSPS) is 13.7. The molecule has 194 valence electrons. The molecule has 2 aromatic heterocycles. The fourth-order valence-electron chi connectivity index (χ4n) is 3.91. The first-order valence-corrected chi connectivity index (χ1v) is 11.6. The van der Waals surface area contributed by atoms with Crippen molar-refractivity contribution in [1.82, 2.24) is 10.1 Å². The molecule has 0 radical (unpaired) electrons. The molecule has 1 aliphatic carbocycles. The maximum absolute atomic E-state index is 14.6. The second-order valence-corrected chi connectivity index (χ2v) is 9.10. The van der Waals surface area contributed by atoms with Crippen molar-refractivity contribution in [2.45, 2.75) is 45.6 Å². The van der Waals surface area contributed by atoms with E-state index < -0.39 is 11.8 Å². The van der Waals surface area contributed by atoms with Crippen LogP contribution in [0.2, 0.25) is 0 Å². The number of rotatable bonds is 12. The average molecular weight is 519 g/mol. The summed E-state index contributed by atoms with van der Waals surface area (Å²) in [4.78, 5) is 15.2. The van der Waals surface area contributed by atoms with Gasteiger partial charge in [-0.1, -0.05) is 31.1 Å². The predicted octanol–water partition coefficient (Wildman–Crippen LogP) is 5.58. The number of nitrogens with zero attached hydrogens (tertiary/aromatic N) is 2. The number of hydrogen-bond donors (Lipinski definition) is 1. The van der Waals surface area contributed by atoms with Gasteiger partial charge in [0.1, 0.15) is 12.4 Å². The van der Waals surface area contributed by atoms with E-state index in [-0.39, 0.29) is 55.6 Å². The monoisotopic (exact) mass is 518 g/mol. The van der Waals surface area contributed by atoms with Gasteiger partial charge in [-0.25, -0.2) is 9.37 Å². The van der Waals surface area contributed by atoms with Gasteiger partial charge in [0, 0.05) is 6.07 Å². The van der Waals surface area contributed by atoms with Crippen molar-refractivity contribution in [2.24, 2.45) is 11.8 Å². The summed E-state index contributed by atoms with van der Waals surface area (Å²) in [5.41, 5.74) is 1.44. The summed E-state index contributed by atoms with van der Waals surface area (Å²) in [5.74, 6) is 0.399. The zero-order valence-electron chi connectivity index (χ0n) is 20.5. The maximum Gasteiger partial charge on any atom is 0.303 e. The molecule has 2 heterocycles. The first-order valence-electron chi connectivity index (χ1n) is 11.6. The van der Waals surface area contributed by atoms with E-state index in [4.69, 9.17) is 18.7 Å². The number of carboxylic acids is 1. The molecule has 0 unspecified atom stereocenters. The number of ether oxygens (including phenoxy) is 3. The SMILES string of the molecule is COc1cc(-c2onc(COc3cccc([C@@H](CC(=O)O)C4CC4)c3)c2OCC(C)C)c(F)cn1.S. The van der Waals surface area contributed by atoms with Crippen molar-refractivity contribution in [1.29, 1.82) is 0 Å². The lowest BCUT2D eigenvalue weighted by Crippen LogP contribution is -2.09. The molecule has 3 aromatic rings. The summed E-state index contributed by atoms with van der Waals surface area (Å²) in [6.45, 7) is 4.40. The van der Waals surface area contributed by atoms with Gasteiger partial charge < -0.3 is 23.8 Å². The Morgan fingerprint density at radius 3 is 2.69 bits per heavy atom. The van der Waals surface area contributed by atoms with E-state index in [1.165, 1.54) is 13.2 Å². The fourth-order valence-corrected chi connectivity index (χ4v) is 3.91. The minimum atomic E-state index is -0.810. The molecule has 0 aliphatic heterocycles. The van der Waals surface area contributed by atoms with Gasteiger partial charge in [-0.05, 0) is 48.3 Å². The summed E-state index contributed by atoms with van der Waals surface area (Å²) in [6.07, 6.45) is 3.22. The highest BCUT2D eigenvalue weighted by atomic mass is 32.1. The number of pyridine rings is 1. The lowest BCUT2D eigenvalue weighted by molar-refractivity contribution is -0.137. The minimum absolute atomic E-state index is 0. The van der Waals surface area contributed by atoms with Crippen LogP contribution in [0.25, 0.3) is 11.3 Å². The van der Waals surface area contributed by atoms with Gasteiger partial charge in [-0.3, -0.25) is 4.79 Å². The lowest BCUT2D eigenvalue weighted by Gasteiger charge is -2.16. The molecule has 10 heteroatoms. The fraction of sp³-hybridized carbons (Fsp3) is 0.423. The zero-order valence-corrected chi connectivity index (χ0v) is 21.5. The lowest BCUT2D eigenvalue weighted by atomic mass is 9.91. The molecule has 0 bridgehead atoms. The van der Waals surface area contributed by atoms with Crippen molar-refractivity contribution < 1.29 is 33.0 Å². The van der Waals surface area contributed by atoms with Crippen LogP contribution in [-0.2, 0) is 11.4 Å². The number of hydrogen-bond acceptors (Lipinski definition) is 7. The van der Waals surface area contributed by atoms with E-state index in [9.17, 15) is 14.3 Å². The van der Waals surface area contributed by atoms with Crippen LogP contribution in [0, 0.1) is 17.7 Å². The molecular weight excluding hydrogens is 487 g/mol. The Hall–Kier alpha value is -3.27. The van der Waals surface area contributed by atoms with Crippen LogP contribution in [0.4, 0.5) is 4.39 Å². The molecule has 36 heavy (non-hydrogen) atoms. The first-order chi connectivity index (χ1) is 16.9. The molecule has 0 amide bonds. The Labute approximate surface area is 216 Å². The van der Waals surface area contributed by atoms with Crippen LogP contribution in [-0.4, -0.2) is 34.9 Å². The number of aromatic nitrogens is 2. The maximum atomic E-state index is 14.6. The molecule has 1 N–H and O–H groups in total. The summed E-state index contributed by atoms with van der Waals surface area (Å²) >= 11 is 0. The van der Waals surface area contributed by atoms with E-state index in [2.05, 4.69) is 10.1 Å². The van der Waals surface area contributed by atoms with Crippen molar-refractivity contribution >= 4 is 19.5 Å². The molecule has 0 saturated heterocycles.